The van der Waals surface area contributed by atoms with Crippen LogP contribution in [0.1, 0.15) is 42.6 Å². The van der Waals surface area contributed by atoms with E-state index in [4.69, 9.17) is 4.74 Å². The highest BCUT2D eigenvalue weighted by Crippen LogP contribution is 2.30. The minimum atomic E-state index is -4.55. The molecule has 0 bridgehead atoms. The van der Waals surface area contributed by atoms with E-state index in [1.54, 1.807) is 26.2 Å². The molecule has 0 saturated heterocycles. The predicted octanol–water partition coefficient (Wildman–Crippen LogP) is 5.50. The van der Waals surface area contributed by atoms with Crippen LogP contribution < -0.4 is 10.1 Å². The van der Waals surface area contributed by atoms with Gasteiger partial charge in [0.05, 0.1) is 12.7 Å². The zero-order valence-electron chi connectivity index (χ0n) is 19.4. The van der Waals surface area contributed by atoms with Crippen LogP contribution in [0, 0.1) is 0 Å². The average Bonchev–Trinajstić information content (AvgIpc) is 3.31. The number of ether oxygens (including phenoxy) is 1. The van der Waals surface area contributed by atoms with E-state index in [-0.39, 0.29) is 30.5 Å². The van der Waals surface area contributed by atoms with Crippen LogP contribution in [0.4, 0.5) is 18.3 Å². The van der Waals surface area contributed by atoms with Crippen LogP contribution in [0.2, 0.25) is 0 Å². The van der Waals surface area contributed by atoms with Crippen molar-refractivity contribution in [1.82, 2.24) is 15.1 Å². The topological polar surface area (TPSA) is 84.4 Å². The van der Waals surface area contributed by atoms with E-state index < -0.39 is 17.6 Å². The molecular weight excluding hydrogens is 481 g/mol. The lowest BCUT2D eigenvalue weighted by atomic mass is 10.1. The summed E-state index contributed by atoms with van der Waals surface area (Å²) in [5.41, 5.74) is -0.183. The van der Waals surface area contributed by atoms with Gasteiger partial charge in [0, 0.05) is 30.1 Å². The summed E-state index contributed by atoms with van der Waals surface area (Å²) in [5.74, 6) is -0.281. The molecule has 3 aromatic rings. The molecule has 1 unspecified atom stereocenters. The van der Waals surface area contributed by atoms with E-state index in [0.29, 0.717) is 22.3 Å². The maximum Gasteiger partial charge on any atom is 0.416 e. The van der Waals surface area contributed by atoms with Crippen molar-refractivity contribution in [3.05, 3.63) is 59.7 Å². The van der Waals surface area contributed by atoms with Gasteiger partial charge >= 0.3 is 6.18 Å². The number of methoxy groups -OCH3 is 1. The Kier molecular flexibility index (Phi) is 8.44. The first kappa shape index (κ1) is 26.1. The second-order valence-corrected chi connectivity index (χ2v) is 8.75. The number of nitrogens with one attached hydrogen (secondary N) is 1. The van der Waals surface area contributed by atoms with Crippen LogP contribution in [0.25, 0.3) is 10.6 Å². The predicted molar refractivity (Wildman–Crippen MR) is 127 cm³/mol. The Morgan fingerprint density at radius 1 is 1.14 bits per heavy atom. The van der Waals surface area contributed by atoms with Crippen LogP contribution in [-0.2, 0) is 11.0 Å². The average molecular weight is 507 g/mol. The number of nitrogens with zero attached hydrogens (tertiary/aromatic N) is 3. The quantitative estimate of drug-likeness (QED) is 0.414. The van der Waals surface area contributed by atoms with Gasteiger partial charge in [0.15, 0.2) is 0 Å². The monoisotopic (exact) mass is 506 g/mol. The largest absolute Gasteiger partial charge is 0.497 e. The van der Waals surface area contributed by atoms with Crippen molar-refractivity contribution in [2.45, 2.75) is 38.9 Å². The molecule has 2 aromatic carbocycles. The molecule has 11 heteroatoms. The molecule has 0 spiro atoms. The Labute approximate surface area is 204 Å². The Hall–Kier alpha value is -3.47. The number of alkyl halides is 3. The molecule has 1 N–H and O–H groups in total. The van der Waals surface area contributed by atoms with Gasteiger partial charge in [-0.15, -0.1) is 10.2 Å². The summed E-state index contributed by atoms with van der Waals surface area (Å²) in [6, 6.07) is 11.3. The van der Waals surface area contributed by atoms with Crippen molar-refractivity contribution in [3.63, 3.8) is 0 Å². The van der Waals surface area contributed by atoms with Crippen molar-refractivity contribution in [2.75, 3.05) is 19.0 Å². The zero-order valence-corrected chi connectivity index (χ0v) is 20.2. The van der Waals surface area contributed by atoms with E-state index >= 15 is 0 Å². The molecule has 186 valence electrons. The normalized spacial score (nSPS) is 12.2. The van der Waals surface area contributed by atoms with Gasteiger partial charge < -0.3 is 15.0 Å². The van der Waals surface area contributed by atoms with Gasteiger partial charge in [0.1, 0.15) is 10.8 Å². The van der Waals surface area contributed by atoms with Gasteiger partial charge in [-0.3, -0.25) is 9.59 Å². The number of halogens is 3. The summed E-state index contributed by atoms with van der Waals surface area (Å²) < 4.78 is 44.4. The van der Waals surface area contributed by atoms with E-state index in [1.165, 1.54) is 28.4 Å². The van der Waals surface area contributed by atoms with Crippen LogP contribution in [0.15, 0.2) is 48.5 Å². The minimum Gasteiger partial charge on any atom is -0.497 e. The third-order valence-electron chi connectivity index (χ3n) is 5.39. The molecule has 35 heavy (non-hydrogen) atoms. The molecular formula is C24H25F3N4O3S. The van der Waals surface area contributed by atoms with E-state index in [0.717, 1.165) is 17.7 Å². The van der Waals surface area contributed by atoms with Gasteiger partial charge in [0.2, 0.25) is 11.0 Å². The number of amides is 2. The lowest BCUT2D eigenvalue weighted by Gasteiger charge is -2.28. The van der Waals surface area contributed by atoms with Crippen LogP contribution >= 0.6 is 11.3 Å². The molecule has 2 amide bonds. The molecule has 0 fully saturated rings. The highest BCUT2D eigenvalue weighted by molar-refractivity contribution is 7.18. The number of hydrogen-bond acceptors (Lipinski definition) is 6. The van der Waals surface area contributed by atoms with Gasteiger partial charge in [0.25, 0.3) is 5.91 Å². The number of anilines is 1. The summed E-state index contributed by atoms with van der Waals surface area (Å²) in [4.78, 5) is 27.0. The van der Waals surface area contributed by atoms with Crippen LogP contribution in [-0.4, -0.2) is 46.6 Å². The fraction of sp³-hybridized carbons (Fsp3) is 0.333. The number of rotatable bonds is 9. The third-order valence-corrected chi connectivity index (χ3v) is 6.28. The molecule has 1 atom stereocenters. The Bertz CT molecular complexity index is 1180. The van der Waals surface area contributed by atoms with Crippen molar-refractivity contribution in [3.8, 4) is 16.3 Å². The highest BCUT2D eigenvalue weighted by Gasteiger charge is 2.31. The lowest BCUT2D eigenvalue weighted by Crippen LogP contribution is -2.40. The minimum absolute atomic E-state index is 0.0392. The molecule has 0 aliphatic rings. The number of carbonyl (C=O) groups excluding carboxylic acids is 2. The summed E-state index contributed by atoms with van der Waals surface area (Å²) in [7, 11) is 1.56. The lowest BCUT2D eigenvalue weighted by molar-refractivity contribution is -0.137. The number of benzene rings is 2. The van der Waals surface area contributed by atoms with Crippen molar-refractivity contribution < 1.29 is 27.5 Å². The first-order valence-electron chi connectivity index (χ1n) is 10.9. The highest BCUT2D eigenvalue weighted by atomic mass is 32.1. The second-order valence-electron chi connectivity index (χ2n) is 7.78. The van der Waals surface area contributed by atoms with Crippen molar-refractivity contribution >= 4 is 28.3 Å². The molecule has 3 rings (SSSR count). The molecule has 0 aliphatic carbocycles. The smallest absolute Gasteiger partial charge is 0.416 e. The van der Waals surface area contributed by atoms with Crippen molar-refractivity contribution in [2.24, 2.45) is 0 Å². The SMILES string of the molecule is CCC(C)N(CCC(=O)Nc1nnc(-c2cccc(OC)c2)s1)C(=O)c1cccc(C(F)(F)F)c1. The standard InChI is InChI=1S/C24H25F3N4O3S/c1-4-15(2)31(22(33)17-8-5-9-18(13-17)24(25,26)27)12-11-20(32)28-23-30-29-21(35-23)16-7-6-10-19(14-16)34-3/h5-10,13-15H,4,11-12H2,1-3H3,(H,28,30,32). The molecule has 7 nitrogen and oxygen atoms in total. The molecule has 1 aromatic heterocycles. The fourth-order valence-electron chi connectivity index (χ4n) is 3.29. The van der Waals surface area contributed by atoms with Gasteiger partial charge in [-0.05, 0) is 43.7 Å². The van der Waals surface area contributed by atoms with Crippen LogP contribution in [0.3, 0.4) is 0 Å². The third kappa shape index (κ3) is 6.78. The molecule has 0 radical (unpaired) electrons. The zero-order chi connectivity index (χ0) is 25.6. The summed E-state index contributed by atoms with van der Waals surface area (Å²) in [6.07, 6.45) is -4.03. The Morgan fingerprint density at radius 2 is 1.89 bits per heavy atom. The number of hydrogen-bond donors (Lipinski definition) is 1. The van der Waals surface area contributed by atoms with Gasteiger partial charge in [-0.25, -0.2) is 0 Å². The van der Waals surface area contributed by atoms with E-state index in [9.17, 15) is 22.8 Å². The maximum atomic E-state index is 13.1. The molecule has 0 aliphatic heterocycles. The maximum absolute atomic E-state index is 13.1. The Morgan fingerprint density at radius 3 is 2.57 bits per heavy atom. The molecule has 0 saturated carbocycles. The summed E-state index contributed by atoms with van der Waals surface area (Å²) in [5, 5.41) is 11.6. The van der Waals surface area contributed by atoms with Gasteiger partial charge in [-0.2, -0.15) is 13.2 Å². The van der Waals surface area contributed by atoms with E-state index in [1.807, 2.05) is 19.1 Å². The second kappa shape index (κ2) is 11.3. The van der Waals surface area contributed by atoms with E-state index in [2.05, 4.69) is 15.5 Å². The first-order valence-corrected chi connectivity index (χ1v) is 11.7. The number of aromatic nitrogens is 2. The van der Waals surface area contributed by atoms with Crippen LogP contribution in [0.5, 0.6) is 5.75 Å². The first-order chi connectivity index (χ1) is 16.6. The number of carbonyl (C=O) groups is 2. The van der Waals surface area contributed by atoms with Gasteiger partial charge in [-0.1, -0.05) is 36.5 Å². The fourth-order valence-corrected chi connectivity index (χ4v) is 4.04. The summed E-state index contributed by atoms with van der Waals surface area (Å²) >= 11 is 1.19. The van der Waals surface area contributed by atoms with Crippen molar-refractivity contribution in [1.29, 1.82) is 0 Å². The molecule has 1 heterocycles. The Balaban J connectivity index is 1.66. The summed E-state index contributed by atoms with van der Waals surface area (Å²) in [6.45, 7) is 3.69.